The molecule has 16 heavy (non-hydrogen) atoms. The van der Waals surface area contributed by atoms with Gasteiger partial charge in [-0.2, -0.15) is 0 Å². The van der Waals surface area contributed by atoms with Gasteiger partial charge < -0.3 is 5.32 Å². The smallest absolute Gasteiger partial charge is 0.0479 e. The third-order valence-corrected chi connectivity index (χ3v) is 2.95. The quantitative estimate of drug-likeness (QED) is 0.825. The van der Waals surface area contributed by atoms with Gasteiger partial charge in [-0.1, -0.05) is 48.7 Å². The molecule has 1 aromatic rings. The molecule has 1 nitrogen and oxygen atoms in total. The molecule has 0 atom stereocenters. The summed E-state index contributed by atoms with van der Waals surface area (Å²) in [5, 5.41) is 4.77. The Morgan fingerprint density at radius 3 is 2.69 bits per heavy atom. The fraction of sp³-hybridized carbons (Fsp3) is 0.385. The highest BCUT2D eigenvalue weighted by molar-refractivity contribution is 6.34. The Morgan fingerprint density at radius 1 is 1.31 bits per heavy atom. The Morgan fingerprint density at radius 2 is 2.06 bits per heavy atom. The summed E-state index contributed by atoms with van der Waals surface area (Å²) in [5.41, 5.74) is 2.31. The van der Waals surface area contributed by atoms with Crippen LogP contribution in [0.25, 0.3) is 6.08 Å². The molecule has 0 amide bonds. The van der Waals surface area contributed by atoms with Crippen molar-refractivity contribution in [3.05, 3.63) is 39.4 Å². The van der Waals surface area contributed by atoms with Gasteiger partial charge in [-0.15, -0.1) is 0 Å². The first-order chi connectivity index (χ1) is 7.67. The number of rotatable bonds is 5. The van der Waals surface area contributed by atoms with E-state index < -0.39 is 0 Å². The van der Waals surface area contributed by atoms with Crippen LogP contribution < -0.4 is 5.32 Å². The number of benzene rings is 1. The topological polar surface area (TPSA) is 12.0 Å². The molecule has 0 saturated carbocycles. The van der Waals surface area contributed by atoms with Crippen LogP contribution in [0.5, 0.6) is 0 Å². The molecule has 0 aliphatic heterocycles. The predicted molar refractivity (Wildman–Crippen MR) is 73.3 cm³/mol. The molecule has 0 spiro atoms. The van der Waals surface area contributed by atoms with Crippen molar-refractivity contribution in [1.29, 1.82) is 0 Å². The van der Waals surface area contributed by atoms with Gasteiger partial charge in [-0.05, 0) is 36.7 Å². The lowest BCUT2D eigenvalue weighted by Crippen LogP contribution is -2.15. The molecule has 88 valence electrons. The zero-order valence-electron chi connectivity index (χ0n) is 9.69. The maximum atomic E-state index is 6.11. The molecule has 1 rings (SSSR count). The van der Waals surface area contributed by atoms with Gasteiger partial charge in [0.2, 0.25) is 0 Å². The van der Waals surface area contributed by atoms with Crippen molar-refractivity contribution in [2.75, 3.05) is 13.1 Å². The molecule has 0 bridgehead atoms. The fourth-order valence-electron chi connectivity index (χ4n) is 1.41. The Hall–Kier alpha value is -0.500. The molecule has 0 aromatic heterocycles. The van der Waals surface area contributed by atoms with Crippen LogP contribution in [0.1, 0.15) is 25.8 Å². The van der Waals surface area contributed by atoms with E-state index in [-0.39, 0.29) is 0 Å². The first kappa shape index (κ1) is 13.6. The lowest BCUT2D eigenvalue weighted by Gasteiger charge is -2.06. The first-order valence-corrected chi connectivity index (χ1v) is 6.28. The van der Waals surface area contributed by atoms with Crippen LogP contribution in [0.3, 0.4) is 0 Å². The zero-order valence-corrected chi connectivity index (χ0v) is 11.2. The van der Waals surface area contributed by atoms with Crippen LogP contribution in [0.2, 0.25) is 10.0 Å². The average molecular weight is 258 g/mol. The fourth-order valence-corrected chi connectivity index (χ4v) is 1.76. The van der Waals surface area contributed by atoms with Gasteiger partial charge in [0, 0.05) is 16.6 Å². The summed E-state index contributed by atoms with van der Waals surface area (Å²) in [6.45, 7) is 6.11. The first-order valence-electron chi connectivity index (χ1n) is 5.52. The van der Waals surface area contributed by atoms with E-state index in [1.165, 1.54) is 5.57 Å². The lowest BCUT2D eigenvalue weighted by atomic mass is 10.1. The Labute approximate surface area is 107 Å². The van der Waals surface area contributed by atoms with E-state index in [0.29, 0.717) is 0 Å². The largest absolute Gasteiger partial charge is 0.313 e. The molecule has 1 N–H and O–H groups in total. The minimum absolute atomic E-state index is 0.717. The van der Waals surface area contributed by atoms with Crippen molar-refractivity contribution in [3.63, 3.8) is 0 Å². The van der Waals surface area contributed by atoms with E-state index in [4.69, 9.17) is 23.2 Å². The highest BCUT2D eigenvalue weighted by atomic mass is 35.5. The monoisotopic (exact) mass is 257 g/mol. The normalized spacial score (nSPS) is 11.9. The van der Waals surface area contributed by atoms with E-state index in [1.807, 2.05) is 12.1 Å². The number of halogens is 2. The molecular formula is C13H17Cl2N. The van der Waals surface area contributed by atoms with Gasteiger partial charge >= 0.3 is 0 Å². The van der Waals surface area contributed by atoms with Crippen LogP contribution in [-0.4, -0.2) is 13.1 Å². The summed E-state index contributed by atoms with van der Waals surface area (Å²) >= 11 is 12.1. The van der Waals surface area contributed by atoms with E-state index in [2.05, 4.69) is 25.2 Å². The number of hydrogen-bond acceptors (Lipinski definition) is 1. The Balaban J connectivity index is 2.89. The summed E-state index contributed by atoms with van der Waals surface area (Å²) < 4.78 is 0. The second kappa shape index (κ2) is 6.95. The number of likely N-dealkylation sites (N-methyl/N-ethyl adjacent to an activating group) is 1. The summed E-state index contributed by atoms with van der Waals surface area (Å²) in [6, 6.07) is 5.53. The second-order valence-electron chi connectivity index (χ2n) is 3.60. The minimum atomic E-state index is 0.717. The van der Waals surface area contributed by atoms with Crippen LogP contribution in [0.4, 0.5) is 0 Å². The molecule has 0 radical (unpaired) electrons. The molecule has 3 heteroatoms. The van der Waals surface area contributed by atoms with Crippen LogP contribution in [-0.2, 0) is 0 Å². The lowest BCUT2D eigenvalue weighted by molar-refractivity contribution is 0.762. The van der Waals surface area contributed by atoms with Crippen molar-refractivity contribution in [3.8, 4) is 0 Å². The molecule has 0 aliphatic carbocycles. The van der Waals surface area contributed by atoms with Gasteiger partial charge in [0.15, 0.2) is 0 Å². The van der Waals surface area contributed by atoms with E-state index in [9.17, 15) is 0 Å². The van der Waals surface area contributed by atoms with Crippen LogP contribution in [0.15, 0.2) is 23.8 Å². The van der Waals surface area contributed by atoms with Crippen LogP contribution in [0, 0.1) is 0 Å². The maximum absolute atomic E-state index is 6.11. The molecule has 0 saturated heterocycles. The van der Waals surface area contributed by atoms with Crippen molar-refractivity contribution in [1.82, 2.24) is 5.32 Å². The molecule has 0 heterocycles. The standard InChI is InChI=1S/C13H17Cl2N/c1-3-10(9-16-4-2)7-11-8-12(14)5-6-13(11)15/h5-8,16H,3-4,9H2,1-2H3/b10-7+. The van der Waals surface area contributed by atoms with Gasteiger partial charge in [-0.3, -0.25) is 0 Å². The van der Waals surface area contributed by atoms with Gasteiger partial charge in [0.1, 0.15) is 0 Å². The molecule has 0 fully saturated rings. The molecule has 0 aliphatic rings. The van der Waals surface area contributed by atoms with Crippen molar-refractivity contribution < 1.29 is 0 Å². The molecular weight excluding hydrogens is 241 g/mol. The van der Waals surface area contributed by atoms with Crippen molar-refractivity contribution in [2.24, 2.45) is 0 Å². The van der Waals surface area contributed by atoms with Crippen LogP contribution >= 0.6 is 23.2 Å². The molecule has 1 aromatic carbocycles. The van der Waals surface area contributed by atoms with E-state index in [0.717, 1.165) is 35.1 Å². The van der Waals surface area contributed by atoms with E-state index >= 15 is 0 Å². The van der Waals surface area contributed by atoms with Gasteiger partial charge in [0.25, 0.3) is 0 Å². The van der Waals surface area contributed by atoms with Gasteiger partial charge in [-0.25, -0.2) is 0 Å². The highest BCUT2D eigenvalue weighted by Gasteiger charge is 2.00. The summed E-state index contributed by atoms with van der Waals surface area (Å²) in [5.74, 6) is 0. The summed E-state index contributed by atoms with van der Waals surface area (Å²) in [4.78, 5) is 0. The maximum Gasteiger partial charge on any atom is 0.0479 e. The number of hydrogen-bond donors (Lipinski definition) is 1. The average Bonchev–Trinajstić information content (AvgIpc) is 2.28. The highest BCUT2D eigenvalue weighted by Crippen LogP contribution is 2.23. The number of nitrogens with one attached hydrogen (secondary N) is 1. The third-order valence-electron chi connectivity index (χ3n) is 2.37. The van der Waals surface area contributed by atoms with Gasteiger partial charge in [0.05, 0.1) is 0 Å². The van der Waals surface area contributed by atoms with Crippen molar-refractivity contribution in [2.45, 2.75) is 20.3 Å². The second-order valence-corrected chi connectivity index (χ2v) is 4.45. The minimum Gasteiger partial charge on any atom is -0.313 e. The summed E-state index contributed by atoms with van der Waals surface area (Å²) in [6.07, 6.45) is 3.12. The Bertz CT molecular complexity index is 372. The summed E-state index contributed by atoms with van der Waals surface area (Å²) in [7, 11) is 0. The predicted octanol–water partition coefficient (Wildman–Crippen LogP) is 4.40. The van der Waals surface area contributed by atoms with E-state index in [1.54, 1.807) is 6.07 Å². The molecule has 0 unspecified atom stereocenters. The van der Waals surface area contributed by atoms with Crippen molar-refractivity contribution >= 4 is 29.3 Å². The third kappa shape index (κ3) is 4.17. The SMILES string of the molecule is CCNC/C(=C/c1cc(Cl)ccc1Cl)CC. The zero-order chi connectivity index (χ0) is 12.0. The Kier molecular flexibility index (Phi) is 5.89.